The fourth-order valence-electron chi connectivity index (χ4n) is 4.90. The summed E-state index contributed by atoms with van der Waals surface area (Å²) in [5, 5.41) is 13.8. The van der Waals surface area contributed by atoms with Gasteiger partial charge in [0.05, 0.1) is 21.1 Å². The third-order valence-corrected chi connectivity index (χ3v) is 9.00. The van der Waals surface area contributed by atoms with E-state index in [1.54, 1.807) is 56.7 Å². The molecule has 1 aromatic heterocycles. The first-order valence-corrected chi connectivity index (χ1v) is 14.8. The van der Waals surface area contributed by atoms with Crippen molar-refractivity contribution in [2.45, 2.75) is 44.8 Å². The van der Waals surface area contributed by atoms with Crippen molar-refractivity contribution in [3.8, 4) is 0 Å². The number of ether oxygens (including phenoxy) is 1. The van der Waals surface area contributed by atoms with Gasteiger partial charge in [-0.05, 0) is 69.5 Å². The lowest BCUT2D eigenvalue weighted by molar-refractivity contribution is 0.0561. The molecule has 41 heavy (non-hydrogen) atoms. The molecule has 1 saturated heterocycles. The third-order valence-electron chi connectivity index (χ3n) is 6.77. The van der Waals surface area contributed by atoms with Crippen LogP contribution in [0, 0.1) is 0 Å². The van der Waals surface area contributed by atoms with Gasteiger partial charge >= 0.3 is 22.3 Å². The second-order valence-electron chi connectivity index (χ2n) is 10.9. The van der Waals surface area contributed by atoms with Gasteiger partial charge in [-0.15, -0.1) is 0 Å². The van der Waals surface area contributed by atoms with E-state index in [9.17, 15) is 27.9 Å². The van der Waals surface area contributed by atoms with Crippen LogP contribution in [0.25, 0.3) is 10.9 Å². The predicted octanol–water partition coefficient (Wildman–Crippen LogP) is 4.67. The van der Waals surface area contributed by atoms with Crippen LogP contribution in [0.3, 0.4) is 0 Å². The Labute approximate surface area is 247 Å². The lowest BCUT2D eigenvalue weighted by Gasteiger charge is -2.43. The molecule has 0 spiro atoms. The van der Waals surface area contributed by atoms with Crippen molar-refractivity contribution in [2.75, 3.05) is 13.1 Å². The number of carboxylic acids is 1. The summed E-state index contributed by atoms with van der Waals surface area (Å²) in [4.78, 5) is 37.9. The summed E-state index contributed by atoms with van der Waals surface area (Å²) >= 11 is 12.5. The molecule has 1 atom stereocenters. The van der Waals surface area contributed by atoms with Crippen LogP contribution in [0.1, 0.15) is 60.0 Å². The minimum atomic E-state index is -4.40. The van der Waals surface area contributed by atoms with Crippen molar-refractivity contribution in [1.82, 2.24) is 18.9 Å². The summed E-state index contributed by atoms with van der Waals surface area (Å²) in [6.07, 6.45) is -0.559. The molecule has 4 rings (SSSR count). The summed E-state index contributed by atoms with van der Waals surface area (Å²) in [6, 6.07) is 10.9. The molecule has 11 nitrogen and oxygen atoms in total. The fraction of sp³-hybridized carbons (Fsp3) is 0.370. The normalized spacial score (nSPS) is 18.2. The minimum absolute atomic E-state index is 0.0333. The molecule has 1 unspecified atom stereocenters. The highest BCUT2D eigenvalue weighted by Crippen LogP contribution is 2.36. The first-order chi connectivity index (χ1) is 19.0. The van der Waals surface area contributed by atoms with Gasteiger partial charge in [0.15, 0.2) is 0 Å². The molecular weight excluding hydrogens is 595 g/mol. The Kier molecular flexibility index (Phi) is 8.34. The maximum absolute atomic E-state index is 13.8. The van der Waals surface area contributed by atoms with Gasteiger partial charge in [-0.3, -0.25) is 4.79 Å². The molecule has 3 N–H and O–H groups in total. The maximum atomic E-state index is 13.8. The molecule has 0 aliphatic carbocycles. The predicted molar refractivity (Wildman–Crippen MR) is 155 cm³/mol. The lowest BCUT2D eigenvalue weighted by atomic mass is 9.82. The smallest absolute Gasteiger partial charge is 0.422 e. The van der Waals surface area contributed by atoms with Gasteiger partial charge in [0, 0.05) is 31.0 Å². The van der Waals surface area contributed by atoms with Crippen LogP contribution in [0.2, 0.25) is 10.0 Å². The number of amides is 2. The van der Waals surface area contributed by atoms with Crippen molar-refractivity contribution >= 4 is 62.3 Å². The Morgan fingerprint density at radius 3 is 2.46 bits per heavy atom. The molecule has 2 amide bonds. The van der Waals surface area contributed by atoms with Gasteiger partial charge in [0.25, 0.3) is 5.91 Å². The topological polar surface area (TPSA) is 147 Å². The van der Waals surface area contributed by atoms with Crippen molar-refractivity contribution in [3.63, 3.8) is 0 Å². The van der Waals surface area contributed by atoms with Crippen molar-refractivity contribution in [2.24, 2.45) is 7.05 Å². The van der Waals surface area contributed by atoms with Gasteiger partial charge in [0.2, 0.25) is 0 Å². The Hall–Kier alpha value is -3.32. The first kappa shape index (κ1) is 30.6. The number of aromatic nitrogens is 1. The highest BCUT2D eigenvalue weighted by Gasteiger charge is 2.43. The highest BCUT2D eigenvalue weighted by molar-refractivity contribution is 7.87. The number of carboxylic acid groups (broad SMARTS) is 1. The van der Waals surface area contributed by atoms with Gasteiger partial charge in [-0.1, -0.05) is 35.3 Å². The Morgan fingerprint density at radius 1 is 1.10 bits per heavy atom. The van der Waals surface area contributed by atoms with E-state index in [2.05, 4.69) is 5.32 Å². The van der Waals surface area contributed by atoms with Gasteiger partial charge in [-0.2, -0.15) is 12.7 Å². The van der Waals surface area contributed by atoms with Crippen LogP contribution >= 0.6 is 23.2 Å². The average Bonchev–Trinajstić information content (AvgIpc) is 3.22. The van der Waals surface area contributed by atoms with E-state index >= 15 is 0 Å². The Bertz CT molecular complexity index is 1650. The number of fused-ring (bicyclic) bond motifs is 1. The van der Waals surface area contributed by atoms with E-state index in [0.29, 0.717) is 27.9 Å². The number of rotatable bonds is 6. The number of carbonyl (C=O) groups is 3. The number of halogens is 2. The molecule has 1 aliphatic heterocycles. The zero-order valence-corrected chi connectivity index (χ0v) is 25.2. The molecule has 3 aromatic rings. The molecule has 0 bridgehead atoms. The van der Waals surface area contributed by atoms with Gasteiger partial charge in [0.1, 0.15) is 11.3 Å². The van der Waals surface area contributed by atoms with Crippen LogP contribution in [0.15, 0.2) is 42.5 Å². The summed E-state index contributed by atoms with van der Waals surface area (Å²) in [7, 11) is -2.71. The van der Waals surface area contributed by atoms with Crippen LogP contribution in [0.5, 0.6) is 0 Å². The average molecular weight is 626 g/mol. The number of benzene rings is 2. The zero-order valence-electron chi connectivity index (χ0n) is 22.8. The van der Waals surface area contributed by atoms with E-state index < -0.39 is 39.3 Å². The lowest BCUT2D eigenvalue weighted by Crippen LogP contribution is -2.59. The summed E-state index contributed by atoms with van der Waals surface area (Å²) in [6.45, 7) is 4.58. The molecule has 1 aliphatic rings. The molecule has 14 heteroatoms. The Balaban J connectivity index is 1.74. The molecular formula is C27H30Cl2N4O7S. The SMILES string of the molecule is Cn1c(C(=O)NC2(c3cccc(C(=O)O)c3)CCCN(S(=O)(=O)NC(=O)OC(C)(C)C)C2)cc2c(Cl)c(Cl)ccc21. The number of aryl methyl sites for hydroxylation is 1. The van der Waals surface area contributed by atoms with Crippen molar-refractivity contribution in [3.05, 3.63) is 69.3 Å². The van der Waals surface area contributed by atoms with E-state index in [4.69, 9.17) is 27.9 Å². The molecule has 1 fully saturated rings. The van der Waals surface area contributed by atoms with Crippen LogP contribution in [0.4, 0.5) is 4.79 Å². The second-order valence-corrected chi connectivity index (χ2v) is 13.3. The number of carbonyl (C=O) groups excluding carboxylic acids is 2. The summed E-state index contributed by atoms with van der Waals surface area (Å²) < 4.78 is 36.2. The van der Waals surface area contributed by atoms with Crippen LogP contribution < -0.4 is 10.0 Å². The number of aromatic carboxylic acids is 1. The minimum Gasteiger partial charge on any atom is -0.478 e. The van der Waals surface area contributed by atoms with E-state index in [-0.39, 0.29) is 35.8 Å². The number of hydrogen-bond donors (Lipinski definition) is 3. The standard InChI is InChI=1S/C27H30Cl2N4O7S/c1-26(2,3)40-25(37)31-41(38,39)33-12-6-11-27(15-33,17-8-5-7-16(13-17)24(35)36)30-23(34)21-14-18-20(32(21)4)10-9-19(28)22(18)29/h5,7-10,13-14H,6,11-12,15H2,1-4H3,(H,30,34)(H,31,37)(H,35,36). The molecule has 0 radical (unpaired) electrons. The van der Waals surface area contributed by atoms with E-state index in [0.717, 1.165) is 4.31 Å². The largest absolute Gasteiger partial charge is 0.478 e. The monoisotopic (exact) mass is 624 g/mol. The van der Waals surface area contributed by atoms with E-state index in [1.807, 2.05) is 4.72 Å². The van der Waals surface area contributed by atoms with E-state index in [1.165, 1.54) is 18.2 Å². The Morgan fingerprint density at radius 2 is 1.80 bits per heavy atom. The van der Waals surface area contributed by atoms with Crippen LogP contribution in [-0.4, -0.2) is 59.1 Å². The third kappa shape index (κ3) is 6.45. The number of hydrogen-bond acceptors (Lipinski definition) is 6. The van der Waals surface area contributed by atoms with Gasteiger partial charge in [-0.25, -0.2) is 14.3 Å². The molecule has 220 valence electrons. The summed E-state index contributed by atoms with van der Waals surface area (Å²) in [5.74, 6) is -1.73. The maximum Gasteiger partial charge on any atom is 0.422 e. The first-order valence-electron chi connectivity index (χ1n) is 12.6. The fourth-order valence-corrected chi connectivity index (χ4v) is 6.42. The van der Waals surface area contributed by atoms with Crippen molar-refractivity contribution in [1.29, 1.82) is 0 Å². The molecule has 2 aromatic carbocycles. The highest BCUT2D eigenvalue weighted by atomic mass is 35.5. The van der Waals surface area contributed by atoms with Crippen molar-refractivity contribution < 1.29 is 32.6 Å². The number of nitrogens with one attached hydrogen (secondary N) is 2. The number of nitrogens with zero attached hydrogens (tertiary/aromatic N) is 2. The zero-order chi connectivity index (χ0) is 30.3. The molecule has 0 saturated carbocycles. The summed E-state index contributed by atoms with van der Waals surface area (Å²) in [5.41, 5.74) is -1.04. The van der Waals surface area contributed by atoms with Crippen LogP contribution in [-0.2, 0) is 27.5 Å². The quantitative estimate of drug-likeness (QED) is 0.361. The van der Waals surface area contributed by atoms with Gasteiger partial charge < -0.3 is 19.7 Å². The second kappa shape index (κ2) is 11.2. The number of piperidine rings is 1. The molecule has 2 heterocycles.